The van der Waals surface area contributed by atoms with Gasteiger partial charge in [0.05, 0.1) is 5.39 Å². The van der Waals surface area contributed by atoms with E-state index in [1.54, 1.807) is 15.9 Å². The van der Waals surface area contributed by atoms with Crippen molar-refractivity contribution in [3.8, 4) is 11.1 Å². The van der Waals surface area contributed by atoms with Crippen LogP contribution in [0.3, 0.4) is 0 Å². The molecule has 0 saturated carbocycles. The van der Waals surface area contributed by atoms with Crippen LogP contribution in [0, 0.1) is 27.7 Å². The van der Waals surface area contributed by atoms with E-state index in [1.807, 2.05) is 13.8 Å². The fourth-order valence-electron chi connectivity index (χ4n) is 3.22. The number of amides is 1. The van der Waals surface area contributed by atoms with Gasteiger partial charge in [-0.05, 0) is 50.8 Å². The van der Waals surface area contributed by atoms with Gasteiger partial charge in [-0.15, -0.1) is 11.3 Å². The summed E-state index contributed by atoms with van der Waals surface area (Å²) >= 11 is 1.55. The lowest BCUT2D eigenvalue weighted by Gasteiger charge is -2.10. The number of thiophene rings is 1. The molecule has 5 nitrogen and oxygen atoms in total. The van der Waals surface area contributed by atoms with E-state index in [0.29, 0.717) is 24.2 Å². The van der Waals surface area contributed by atoms with Crippen molar-refractivity contribution in [1.29, 1.82) is 0 Å². The van der Waals surface area contributed by atoms with Crippen LogP contribution in [0.1, 0.15) is 34.7 Å². The highest BCUT2D eigenvalue weighted by molar-refractivity contribution is 7.19. The Morgan fingerprint density at radius 3 is 2.58 bits per heavy atom. The van der Waals surface area contributed by atoms with E-state index in [2.05, 4.69) is 37.0 Å². The summed E-state index contributed by atoms with van der Waals surface area (Å²) in [6.45, 7) is 8.46. The number of aromatic nitrogens is 2. The molecular weight excluding hydrogens is 346 g/mol. The van der Waals surface area contributed by atoms with Crippen molar-refractivity contribution in [3.63, 3.8) is 0 Å². The second-order valence-corrected chi connectivity index (χ2v) is 7.90. The van der Waals surface area contributed by atoms with Gasteiger partial charge < -0.3 is 5.73 Å². The Balaban J connectivity index is 2.18. The van der Waals surface area contributed by atoms with E-state index in [4.69, 9.17) is 5.73 Å². The molecule has 136 valence electrons. The largest absolute Gasteiger partial charge is 0.370 e. The van der Waals surface area contributed by atoms with Crippen LogP contribution in [0.2, 0.25) is 0 Å². The molecule has 6 heteroatoms. The van der Waals surface area contributed by atoms with E-state index < -0.39 is 0 Å². The number of benzene rings is 1. The molecule has 2 aromatic heterocycles. The number of carbonyl (C=O) groups excluding carboxylic acids is 1. The van der Waals surface area contributed by atoms with E-state index in [0.717, 1.165) is 20.8 Å². The zero-order chi connectivity index (χ0) is 19.0. The van der Waals surface area contributed by atoms with E-state index >= 15 is 0 Å². The molecule has 0 bridgehead atoms. The monoisotopic (exact) mass is 369 g/mol. The van der Waals surface area contributed by atoms with E-state index in [-0.39, 0.29) is 17.9 Å². The van der Waals surface area contributed by atoms with Crippen LogP contribution >= 0.6 is 11.3 Å². The molecule has 3 aromatic rings. The summed E-state index contributed by atoms with van der Waals surface area (Å²) < 4.78 is 1.65. The summed E-state index contributed by atoms with van der Waals surface area (Å²) in [7, 11) is 0. The minimum Gasteiger partial charge on any atom is -0.370 e. The molecule has 0 spiro atoms. The van der Waals surface area contributed by atoms with E-state index in [1.165, 1.54) is 11.1 Å². The number of nitrogens with two attached hydrogens (primary N) is 1. The molecule has 0 aliphatic carbocycles. The molecule has 1 aromatic carbocycles. The zero-order valence-electron chi connectivity index (χ0n) is 15.5. The van der Waals surface area contributed by atoms with Crippen molar-refractivity contribution in [2.24, 2.45) is 5.73 Å². The first kappa shape index (κ1) is 18.3. The van der Waals surface area contributed by atoms with Gasteiger partial charge in [0.2, 0.25) is 5.91 Å². The Morgan fingerprint density at radius 1 is 1.19 bits per heavy atom. The maximum Gasteiger partial charge on any atom is 0.262 e. The normalized spacial score (nSPS) is 11.2. The quantitative estimate of drug-likeness (QED) is 0.746. The van der Waals surface area contributed by atoms with Crippen molar-refractivity contribution >= 4 is 27.5 Å². The smallest absolute Gasteiger partial charge is 0.262 e. The first-order valence-electron chi connectivity index (χ1n) is 8.66. The molecule has 0 aliphatic rings. The van der Waals surface area contributed by atoms with Crippen LogP contribution in [0.25, 0.3) is 21.3 Å². The molecule has 0 radical (unpaired) electrons. The molecule has 2 N–H and O–H groups in total. The second kappa shape index (κ2) is 7.03. The zero-order valence-corrected chi connectivity index (χ0v) is 16.4. The van der Waals surface area contributed by atoms with Crippen LogP contribution in [0.4, 0.5) is 0 Å². The van der Waals surface area contributed by atoms with Crippen molar-refractivity contribution < 1.29 is 4.79 Å². The minimum atomic E-state index is -0.355. The number of primary amides is 1. The SMILES string of the molecule is Cc1ccc(-c2c(C)sc3nc(C)n(CCCC(N)=O)c(=O)c23)cc1C. The summed E-state index contributed by atoms with van der Waals surface area (Å²) in [5.74, 6) is 0.312. The Morgan fingerprint density at radius 2 is 1.92 bits per heavy atom. The van der Waals surface area contributed by atoms with Crippen molar-refractivity contribution in [1.82, 2.24) is 9.55 Å². The lowest BCUT2D eigenvalue weighted by Crippen LogP contribution is -2.24. The van der Waals surface area contributed by atoms with Crippen LogP contribution in [-0.2, 0) is 11.3 Å². The molecule has 0 aliphatic heterocycles. The third-order valence-electron chi connectivity index (χ3n) is 4.78. The van der Waals surface area contributed by atoms with Crippen molar-refractivity contribution in [3.05, 3.63) is 50.4 Å². The average molecular weight is 369 g/mol. The van der Waals surface area contributed by atoms with Crippen molar-refractivity contribution in [2.45, 2.75) is 47.1 Å². The highest BCUT2D eigenvalue weighted by atomic mass is 32.1. The van der Waals surface area contributed by atoms with Gasteiger partial charge in [0.25, 0.3) is 5.56 Å². The lowest BCUT2D eigenvalue weighted by atomic mass is 9.99. The number of nitrogens with zero attached hydrogens (tertiary/aromatic N) is 2. The highest BCUT2D eigenvalue weighted by Gasteiger charge is 2.18. The molecule has 3 rings (SSSR count). The summed E-state index contributed by atoms with van der Waals surface area (Å²) in [6, 6.07) is 6.27. The number of carbonyl (C=O) groups is 1. The van der Waals surface area contributed by atoms with Gasteiger partial charge in [0.1, 0.15) is 10.7 Å². The molecule has 0 unspecified atom stereocenters. The molecule has 0 fully saturated rings. The van der Waals surface area contributed by atoms with Gasteiger partial charge in [0.15, 0.2) is 0 Å². The third kappa shape index (κ3) is 3.29. The lowest BCUT2D eigenvalue weighted by molar-refractivity contribution is -0.118. The Hall–Kier alpha value is -2.47. The summed E-state index contributed by atoms with van der Waals surface area (Å²) in [5.41, 5.74) is 9.60. The number of hydrogen-bond donors (Lipinski definition) is 1. The fourth-order valence-corrected chi connectivity index (χ4v) is 4.30. The van der Waals surface area contributed by atoms with Gasteiger partial charge in [-0.3, -0.25) is 14.2 Å². The second-order valence-electron chi connectivity index (χ2n) is 6.70. The van der Waals surface area contributed by atoms with Crippen LogP contribution < -0.4 is 11.3 Å². The third-order valence-corrected chi connectivity index (χ3v) is 5.78. The summed E-state index contributed by atoms with van der Waals surface area (Å²) in [5, 5.41) is 0.667. The number of fused-ring (bicyclic) bond motifs is 1. The maximum atomic E-state index is 13.2. The average Bonchev–Trinajstić information content (AvgIpc) is 2.89. The van der Waals surface area contributed by atoms with Crippen molar-refractivity contribution in [2.75, 3.05) is 0 Å². The van der Waals surface area contributed by atoms with Gasteiger partial charge in [-0.2, -0.15) is 0 Å². The number of rotatable bonds is 5. The standard InChI is InChI=1S/C20H23N3O2S/c1-11-7-8-15(10-12(11)2)17-13(3)26-19-18(17)20(25)23(14(4)22-19)9-5-6-16(21)24/h7-8,10H,5-6,9H2,1-4H3,(H2,21,24). The number of aryl methyl sites for hydroxylation is 4. The molecule has 1 amide bonds. The van der Waals surface area contributed by atoms with Crippen LogP contribution in [0.15, 0.2) is 23.0 Å². The van der Waals surface area contributed by atoms with Crippen LogP contribution in [-0.4, -0.2) is 15.5 Å². The van der Waals surface area contributed by atoms with Gasteiger partial charge >= 0.3 is 0 Å². The maximum absolute atomic E-state index is 13.2. The fraction of sp³-hybridized carbons (Fsp3) is 0.350. The minimum absolute atomic E-state index is 0.0467. The Labute approximate surface area is 156 Å². The predicted octanol–water partition coefficient (Wildman–Crippen LogP) is 3.62. The van der Waals surface area contributed by atoms with E-state index in [9.17, 15) is 9.59 Å². The first-order valence-corrected chi connectivity index (χ1v) is 9.47. The molecule has 0 atom stereocenters. The first-order chi connectivity index (χ1) is 12.3. The highest BCUT2D eigenvalue weighted by Crippen LogP contribution is 2.36. The van der Waals surface area contributed by atoms with Crippen LogP contribution in [0.5, 0.6) is 0 Å². The molecule has 2 heterocycles. The molecule has 0 saturated heterocycles. The van der Waals surface area contributed by atoms with Gasteiger partial charge in [-0.1, -0.05) is 18.2 Å². The molecular formula is C20H23N3O2S. The summed E-state index contributed by atoms with van der Waals surface area (Å²) in [4.78, 5) is 30.7. The number of hydrogen-bond acceptors (Lipinski definition) is 4. The Bertz CT molecular complexity index is 1060. The van der Waals surface area contributed by atoms with Gasteiger partial charge in [-0.25, -0.2) is 4.98 Å². The van der Waals surface area contributed by atoms with Gasteiger partial charge in [0, 0.05) is 23.4 Å². The Kier molecular flexibility index (Phi) is 4.96. The predicted molar refractivity (Wildman–Crippen MR) is 107 cm³/mol. The summed E-state index contributed by atoms with van der Waals surface area (Å²) in [6.07, 6.45) is 0.794. The molecule has 26 heavy (non-hydrogen) atoms. The topological polar surface area (TPSA) is 78.0 Å².